The number of hydrogen-bond acceptors (Lipinski definition) is 6. The quantitative estimate of drug-likeness (QED) is 0.611. The van der Waals surface area contributed by atoms with Crippen LogP contribution >= 0.6 is 11.8 Å². The molecule has 0 fully saturated rings. The monoisotopic (exact) mass is 327 g/mol. The Balaban J connectivity index is 2.39. The lowest BCUT2D eigenvalue weighted by Gasteiger charge is -2.12. The molecule has 0 radical (unpaired) electrons. The lowest BCUT2D eigenvalue weighted by atomic mass is 10.1. The Morgan fingerprint density at radius 2 is 1.95 bits per heavy atom. The lowest BCUT2D eigenvalue weighted by molar-refractivity contribution is -0.384. The largest absolute Gasteiger partial charge is 0.431 e. The maximum Gasteiger partial charge on any atom is 0.431 e. The number of hydrogen-bond donors (Lipinski definition) is 2. The minimum Gasteiger partial charge on any atom is -0.409 e. The molecule has 0 saturated carbocycles. The Bertz CT molecular complexity index is 535. The number of ether oxygens (including phenoxy) is 1. The van der Waals surface area contributed by atoms with Gasteiger partial charge in [-0.3, -0.25) is 20.3 Å². The average Bonchev–Trinajstić information content (AvgIpc) is 2.50. The predicted molar refractivity (Wildman–Crippen MR) is 82.6 cm³/mol. The second-order valence-corrected chi connectivity index (χ2v) is 5.42. The zero-order valence-corrected chi connectivity index (χ0v) is 13.0. The van der Waals surface area contributed by atoms with E-state index in [-0.39, 0.29) is 23.3 Å². The number of benzene rings is 1. The van der Waals surface area contributed by atoms with E-state index in [9.17, 15) is 19.7 Å². The van der Waals surface area contributed by atoms with E-state index in [1.807, 2.05) is 6.26 Å². The molecule has 22 heavy (non-hydrogen) atoms. The summed E-state index contributed by atoms with van der Waals surface area (Å²) in [7, 11) is 0. The molecule has 0 heterocycles. The van der Waals surface area contributed by atoms with Gasteiger partial charge in [-0.2, -0.15) is 11.8 Å². The van der Waals surface area contributed by atoms with E-state index < -0.39 is 11.0 Å². The van der Waals surface area contributed by atoms with Crippen molar-refractivity contribution in [1.29, 1.82) is 0 Å². The minimum absolute atomic E-state index is 0.108. The number of nitro groups is 1. The molecule has 9 heteroatoms. The topological polar surface area (TPSA) is 111 Å². The van der Waals surface area contributed by atoms with Crippen molar-refractivity contribution in [2.24, 2.45) is 5.92 Å². The van der Waals surface area contributed by atoms with Gasteiger partial charge in [-0.1, -0.05) is 6.92 Å². The number of thioether (sulfide) groups is 1. The highest BCUT2D eigenvalue weighted by Crippen LogP contribution is 2.17. The Labute approximate surface area is 131 Å². The number of nitrogens with zero attached hydrogens (tertiary/aromatic N) is 1. The minimum atomic E-state index is -0.876. The highest BCUT2D eigenvalue weighted by molar-refractivity contribution is 7.98. The molecule has 2 N–H and O–H groups in total. The Morgan fingerprint density at radius 1 is 1.32 bits per heavy atom. The van der Waals surface area contributed by atoms with Crippen LogP contribution in [-0.4, -0.2) is 28.9 Å². The van der Waals surface area contributed by atoms with E-state index in [2.05, 4.69) is 10.9 Å². The first kappa shape index (κ1) is 17.8. The molecule has 1 rings (SSSR count). The summed E-state index contributed by atoms with van der Waals surface area (Å²) in [6, 6.07) is 5.01. The second kappa shape index (κ2) is 8.88. The van der Waals surface area contributed by atoms with Crippen LogP contribution in [0.2, 0.25) is 0 Å². The summed E-state index contributed by atoms with van der Waals surface area (Å²) < 4.78 is 4.87. The molecule has 0 unspecified atom stereocenters. The van der Waals surface area contributed by atoms with Gasteiger partial charge in [0, 0.05) is 18.1 Å². The molecule has 120 valence electrons. The van der Waals surface area contributed by atoms with Gasteiger partial charge in [-0.15, -0.1) is 0 Å². The summed E-state index contributed by atoms with van der Waals surface area (Å²) >= 11 is 1.64. The van der Waals surface area contributed by atoms with Crippen LogP contribution in [0.3, 0.4) is 0 Å². The van der Waals surface area contributed by atoms with Crippen LogP contribution in [0.25, 0.3) is 0 Å². The number of non-ortho nitro benzene ring substituents is 1. The van der Waals surface area contributed by atoms with E-state index >= 15 is 0 Å². The summed E-state index contributed by atoms with van der Waals surface area (Å²) in [4.78, 5) is 33.1. The van der Waals surface area contributed by atoms with Gasteiger partial charge in [0.25, 0.3) is 5.69 Å². The highest BCUT2D eigenvalue weighted by Gasteiger charge is 2.14. The number of carbonyl (C=O) groups is 2. The van der Waals surface area contributed by atoms with Crippen LogP contribution in [0, 0.1) is 16.0 Å². The highest BCUT2D eigenvalue weighted by atomic mass is 32.2. The van der Waals surface area contributed by atoms with Crippen molar-refractivity contribution >= 4 is 29.4 Å². The maximum atomic E-state index is 11.7. The van der Waals surface area contributed by atoms with Gasteiger partial charge < -0.3 is 4.74 Å². The van der Waals surface area contributed by atoms with Crippen molar-refractivity contribution in [3.8, 4) is 5.75 Å². The van der Waals surface area contributed by atoms with Gasteiger partial charge in [0.05, 0.1) is 4.92 Å². The van der Waals surface area contributed by atoms with Crippen LogP contribution in [0.1, 0.15) is 13.3 Å². The average molecular weight is 327 g/mol. The summed E-state index contributed by atoms with van der Waals surface area (Å²) in [5.74, 6) is 0.441. The number of nitrogens with one attached hydrogen (secondary N) is 2. The first-order chi connectivity index (χ1) is 10.4. The number of hydrazine groups is 1. The first-order valence-corrected chi connectivity index (χ1v) is 7.84. The number of nitro benzene ring substituents is 1. The van der Waals surface area contributed by atoms with Crippen LogP contribution in [0.5, 0.6) is 5.75 Å². The molecular formula is C13H17N3O5S. The van der Waals surface area contributed by atoms with Crippen molar-refractivity contribution in [1.82, 2.24) is 10.9 Å². The Hall–Kier alpha value is -2.29. The molecule has 1 atom stereocenters. The molecule has 0 aliphatic carbocycles. The number of rotatable bonds is 6. The summed E-state index contributed by atoms with van der Waals surface area (Å²) in [6.45, 7) is 1.76. The summed E-state index contributed by atoms with van der Waals surface area (Å²) in [5.41, 5.74) is 4.28. The van der Waals surface area contributed by atoms with Gasteiger partial charge in [0.2, 0.25) is 5.91 Å². The standard InChI is InChI=1S/C13H17N3O5S/c1-9(7-8-22-2)12(17)14-15-13(18)21-11-5-3-10(4-6-11)16(19)20/h3-6,9H,7-8H2,1-2H3,(H,14,17)(H,15,18)/t9-/m0/s1. The molecule has 8 nitrogen and oxygen atoms in total. The van der Waals surface area contributed by atoms with Crippen molar-refractivity contribution in [3.63, 3.8) is 0 Å². The number of amides is 2. The third-order valence-electron chi connectivity index (χ3n) is 2.75. The molecule has 1 aromatic rings. The predicted octanol–water partition coefficient (Wildman–Crippen LogP) is 2.10. The fourth-order valence-corrected chi connectivity index (χ4v) is 2.02. The van der Waals surface area contributed by atoms with Crippen molar-refractivity contribution in [2.75, 3.05) is 12.0 Å². The van der Waals surface area contributed by atoms with E-state index in [4.69, 9.17) is 4.74 Å². The molecule has 2 amide bonds. The fourth-order valence-electron chi connectivity index (χ4n) is 1.43. The van der Waals surface area contributed by atoms with Crippen LogP contribution < -0.4 is 15.6 Å². The van der Waals surface area contributed by atoms with E-state index in [0.29, 0.717) is 6.42 Å². The van der Waals surface area contributed by atoms with Crippen LogP contribution in [0.15, 0.2) is 24.3 Å². The molecule has 0 spiro atoms. The van der Waals surface area contributed by atoms with Crippen molar-refractivity contribution in [2.45, 2.75) is 13.3 Å². The molecule has 0 aliphatic rings. The molecule has 0 saturated heterocycles. The molecule has 0 aliphatic heterocycles. The zero-order valence-electron chi connectivity index (χ0n) is 12.2. The van der Waals surface area contributed by atoms with E-state index in [0.717, 1.165) is 5.75 Å². The van der Waals surface area contributed by atoms with Crippen LogP contribution in [0.4, 0.5) is 10.5 Å². The Kier molecular flexibility index (Phi) is 7.17. The molecule has 0 aromatic heterocycles. The van der Waals surface area contributed by atoms with Crippen molar-refractivity contribution in [3.05, 3.63) is 34.4 Å². The van der Waals surface area contributed by atoms with Crippen LogP contribution in [-0.2, 0) is 4.79 Å². The van der Waals surface area contributed by atoms with E-state index in [1.54, 1.807) is 18.7 Å². The lowest BCUT2D eigenvalue weighted by Crippen LogP contribution is -2.45. The first-order valence-electron chi connectivity index (χ1n) is 6.45. The van der Waals surface area contributed by atoms with Gasteiger partial charge in [0.1, 0.15) is 5.75 Å². The van der Waals surface area contributed by atoms with Gasteiger partial charge in [0.15, 0.2) is 0 Å². The molecule has 0 bridgehead atoms. The fraction of sp³-hybridized carbons (Fsp3) is 0.385. The normalized spacial score (nSPS) is 11.4. The summed E-state index contributed by atoms with van der Waals surface area (Å²) in [5, 5.41) is 10.5. The third kappa shape index (κ3) is 6.00. The second-order valence-electron chi connectivity index (χ2n) is 4.44. The van der Waals surface area contributed by atoms with E-state index in [1.165, 1.54) is 24.3 Å². The zero-order chi connectivity index (χ0) is 16.5. The van der Waals surface area contributed by atoms with Gasteiger partial charge in [-0.05, 0) is 30.6 Å². The smallest absolute Gasteiger partial charge is 0.409 e. The summed E-state index contributed by atoms with van der Waals surface area (Å²) in [6.07, 6.45) is 1.77. The SMILES string of the molecule is CSCC[C@H](C)C(=O)NNC(=O)Oc1ccc([N+](=O)[O-])cc1. The third-order valence-corrected chi connectivity index (χ3v) is 3.39. The number of carbonyl (C=O) groups excluding carboxylic acids is 2. The van der Waals surface area contributed by atoms with Gasteiger partial charge >= 0.3 is 6.09 Å². The Morgan fingerprint density at radius 3 is 2.50 bits per heavy atom. The van der Waals surface area contributed by atoms with Crippen molar-refractivity contribution < 1.29 is 19.2 Å². The van der Waals surface area contributed by atoms with Gasteiger partial charge in [-0.25, -0.2) is 10.2 Å². The molecule has 1 aromatic carbocycles. The maximum absolute atomic E-state index is 11.7. The molecular weight excluding hydrogens is 310 g/mol.